The highest BCUT2D eigenvalue weighted by atomic mass is 35.5. The summed E-state index contributed by atoms with van der Waals surface area (Å²) >= 11 is 18.5. The van der Waals surface area contributed by atoms with Crippen LogP contribution >= 0.6 is 47.2 Å². The number of amides is 2. The first kappa shape index (κ1) is 22.4. The lowest BCUT2D eigenvalue weighted by Crippen LogP contribution is -2.27. The van der Waals surface area contributed by atoms with E-state index in [1.807, 2.05) is 6.07 Å². The zero-order chi connectivity index (χ0) is 21.7. The number of carbonyl (C=O) groups is 2. The highest BCUT2D eigenvalue weighted by molar-refractivity contribution is 8.26. The van der Waals surface area contributed by atoms with Gasteiger partial charge in [-0.05, 0) is 24.3 Å². The lowest BCUT2D eigenvalue weighted by Gasteiger charge is -2.11. The van der Waals surface area contributed by atoms with Crippen LogP contribution in [-0.2, 0) is 9.59 Å². The summed E-state index contributed by atoms with van der Waals surface area (Å²) in [4.78, 5) is 26.8. The predicted molar refractivity (Wildman–Crippen MR) is 127 cm³/mol. The van der Waals surface area contributed by atoms with Crippen LogP contribution in [0.4, 0.5) is 5.69 Å². The number of nitrogens with zero attached hydrogens (tertiary/aromatic N) is 1. The molecule has 1 aliphatic rings. The summed E-state index contributed by atoms with van der Waals surface area (Å²) in [6, 6.07) is 12.1. The molecule has 0 atom stereocenters. The number of benzene rings is 2. The quantitative estimate of drug-likeness (QED) is 0.328. The number of hydrogen-bond acceptors (Lipinski definition) is 5. The third-order valence-electron chi connectivity index (χ3n) is 3.98. The van der Waals surface area contributed by atoms with Crippen molar-refractivity contribution < 1.29 is 14.3 Å². The Labute approximate surface area is 193 Å². The van der Waals surface area contributed by atoms with Gasteiger partial charge in [0, 0.05) is 12.1 Å². The molecule has 5 nitrogen and oxygen atoms in total. The second-order valence-electron chi connectivity index (χ2n) is 6.06. The Bertz CT molecular complexity index is 1060. The number of anilines is 1. The maximum Gasteiger partial charge on any atom is 0.266 e. The third-order valence-corrected chi connectivity index (χ3v) is 6.17. The van der Waals surface area contributed by atoms with Gasteiger partial charge in [-0.15, -0.1) is 6.58 Å². The topological polar surface area (TPSA) is 58.6 Å². The highest BCUT2D eigenvalue weighted by Crippen LogP contribution is 2.34. The molecule has 2 aromatic rings. The standard InChI is InChI=1S/C21H16Cl2N2O3S2/c1-2-10-25-20(27)17(30-21(25)29)11-13-6-3-4-9-16(13)28-12-18(26)24-15-8-5-7-14(22)19(15)23/h2-9,11H,1,10,12H2,(H,24,26)/b17-11-. The van der Waals surface area contributed by atoms with Gasteiger partial charge in [-0.2, -0.15) is 0 Å². The molecule has 2 aromatic carbocycles. The molecule has 0 bridgehead atoms. The molecular weight excluding hydrogens is 463 g/mol. The average Bonchev–Trinajstić information content (AvgIpc) is 2.98. The van der Waals surface area contributed by atoms with Crippen molar-refractivity contribution in [1.29, 1.82) is 0 Å². The molecule has 0 aromatic heterocycles. The maximum atomic E-state index is 12.5. The molecular formula is C21H16Cl2N2O3S2. The Morgan fingerprint density at radius 1 is 1.23 bits per heavy atom. The zero-order valence-corrected chi connectivity index (χ0v) is 18.7. The Morgan fingerprint density at radius 2 is 2.00 bits per heavy atom. The number of carbonyl (C=O) groups excluding carboxylic acids is 2. The molecule has 1 aliphatic heterocycles. The summed E-state index contributed by atoms with van der Waals surface area (Å²) in [5.41, 5.74) is 1.06. The molecule has 1 N–H and O–H groups in total. The molecule has 1 saturated heterocycles. The van der Waals surface area contributed by atoms with Crippen molar-refractivity contribution in [3.05, 3.63) is 75.6 Å². The summed E-state index contributed by atoms with van der Waals surface area (Å²) in [6.45, 7) is 3.75. The zero-order valence-electron chi connectivity index (χ0n) is 15.6. The van der Waals surface area contributed by atoms with Crippen molar-refractivity contribution in [2.75, 3.05) is 18.5 Å². The fourth-order valence-electron chi connectivity index (χ4n) is 2.59. The number of thiocarbonyl (C=S) groups is 1. The largest absolute Gasteiger partial charge is 0.483 e. The lowest BCUT2D eigenvalue weighted by atomic mass is 10.2. The minimum atomic E-state index is -0.397. The van der Waals surface area contributed by atoms with Gasteiger partial charge in [0.25, 0.3) is 11.8 Å². The smallest absolute Gasteiger partial charge is 0.266 e. The van der Waals surface area contributed by atoms with Crippen molar-refractivity contribution in [1.82, 2.24) is 4.90 Å². The van der Waals surface area contributed by atoms with Gasteiger partial charge in [0.1, 0.15) is 10.1 Å². The van der Waals surface area contributed by atoms with Crippen LogP contribution in [0.25, 0.3) is 6.08 Å². The summed E-state index contributed by atoms with van der Waals surface area (Å²) in [5.74, 6) is -0.127. The van der Waals surface area contributed by atoms with Crippen LogP contribution < -0.4 is 10.1 Å². The normalized spacial score (nSPS) is 14.9. The van der Waals surface area contributed by atoms with Gasteiger partial charge >= 0.3 is 0 Å². The van der Waals surface area contributed by atoms with Crippen molar-refractivity contribution in [2.24, 2.45) is 0 Å². The van der Waals surface area contributed by atoms with Crippen LogP contribution in [0, 0.1) is 0 Å². The minimum absolute atomic E-state index is 0.187. The van der Waals surface area contributed by atoms with Crippen LogP contribution in [-0.4, -0.2) is 34.2 Å². The van der Waals surface area contributed by atoms with Crippen molar-refractivity contribution in [2.45, 2.75) is 0 Å². The van der Waals surface area contributed by atoms with E-state index >= 15 is 0 Å². The number of ether oxygens (including phenoxy) is 1. The van der Waals surface area contributed by atoms with E-state index in [2.05, 4.69) is 11.9 Å². The van der Waals surface area contributed by atoms with E-state index in [0.29, 0.717) is 37.8 Å². The van der Waals surface area contributed by atoms with E-state index in [1.54, 1.807) is 48.6 Å². The number of thioether (sulfide) groups is 1. The molecule has 30 heavy (non-hydrogen) atoms. The summed E-state index contributed by atoms with van der Waals surface area (Å²) in [6.07, 6.45) is 3.32. The molecule has 0 radical (unpaired) electrons. The van der Waals surface area contributed by atoms with Crippen LogP contribution in [0.5, 0.6) is 5.75 Å². The lowest BCUT2D eigenvalue weighted by molar-refractivity contribution is -0.121. The highest BCUT2D eigenvalue weighted by Gasteiger charge is 2.31. The van der Waals surface area contributed by atoms with Crippen LogP contribution in [0.3, 0.4) is 0 Å². The van der Waals surface area contributed by atoms with E-state index in [4.69, 9.17) is 40.2 Å². The predicted octanol–water partition coefficient (Wildman–Crippen LogP) is 5.40. The van der Waals surface area contributed by atoms with E-state index < -0.39 is 5.91 Å². The fraction of sp³-hybridized carbons (Fsp3) is 0.0952. The first-order valence-corrected chi connectivity index (χ1v) is 10.7. The van der Waals surface area contributed by atoms with Gasteiger partial charge in [-0.3, -0.25) is 14.5 Å². The van der Waals surface area contributed by atoms with E-state index in [1.165, 1.54) is 16.7 Å². The Hall–Kier alpha value is -2.32. The van der Waals surface area contributed by atoms with E-state index in [9.17, 15) is 9.59 Å². The van der Waals surface area contributed by atoms with Gasteiger partial charge in [0.15, 0.2) is 6.61 Å². The summed E-state index contributed by atoms with van der Waals surface area (Å²) in [5, 5.41) is 3.26. The van der Waals surface area contributed by atoms with Gasteiger partial charge in [0.2, 0.25) is 0 Å². The average molecular weight is 479 g/mol. The first-order valence-electron chi connectivity index (χ1n) is 8.72. The van der Waals surface area contributed by atoms with Crippen molar-refractivity contribution in [3.63, 3.8) is 0 Å². The van der Waals surface area contributed by atoms with Gasteiger partial charge in [-0.25, -0.2) is 0 Å². The van der Waals surface area contributed by atoms with E-state index in [0.717, 1.165) is 0 Å². The molecule has 2 amide bonds. The molecule has 1 heterocycles. The monoisotopic (exact) mass is 478 g/mol. The second kappa shape index (κ2) is 10.1. The van der Waals surface area contributed by atoms with Crippen molar-refractivity contribution >= 4 is 75.1 Å². The van der Waals surface area contributed by atoms with Crippen LogP contribution in [0.1, 0.15) is 5.56 Å². The Morgan fingerprint density at radius 3 is 2.77 bits per heavy atom. The Kier molecular flexibility index (Phi) is 7.55. The van der Waals surface area contributed by atoms with Gasteiger partial charge < -0.3 is 10.1 Å². The van der Waals surface area contributed by atoms with Crippen LogP contribution in [0.2, 0.25) is 10.0 Å². The summed E-state index contributed by atoms with van der Waals surface area (Å²) in [7, 11) is 0. The molecule has 1 fully saturated rings. The molecule has 0 spiro atoms. The van der Waals surface area contributed by atoms with Gasteiger partial charge in [0.05, 0.1) is 20.6 Å². The second-order valence-corrected chi connectivity index (χ2v) is 8.52. The molecule has 0 unspecified atom stereocenters. The summed E-state index contributed by atoms with van der Waals surface area (Å²) < 4.78 is 6.15. The molecule has 0 saturated carbocycles. The number of rotatable bonds is 7. The van der Waals surface area contributed by atoms with E-state index in [-0.39, 0.29) is 17.5 Å². The molecule has 0 aliphatic carbocycles. The molecule has 3 rings (SSSR count). The number of nitrogens with one attached hydrogen (secondary N) is 1. The third kappa shape index (κ3) is 5.23. The number of para-hydroxylation sites is 1. The van der Waals surface area contributed by atoms with Gasteiger partial charge in [-0.1, -0.05) is 77.5 Å². The Balaban J connectivity index is 1.71. The van der Waals surface area contributed by atoms with Crippen LogP contribution in [0.15, 0.2) is 60.0 Å². The molecule has 154 valence electrons. The fourth-order valence-corrected chi connectivity index (χ4v) is 4.20. The molecule has 9 heteroatoms. The maximum absolute atomic E-state index is 12.5. The first-order chi connectivity index (χ1) is 14.4. The SMILES string of the molecule is C=CCN1C(=O)/C(=C/c2ccccc2OCC(=O)Nc2cccc(Cl)c2Cl)SC1=S. The minimum Gasteiger partial charge on any atom is -0.483 e. The number of hydrogen-bond donors (Lipinski definition) is 1. The number of halogens is 2. The van der Waals surface area contributed by atoms with Crippen molar-refractivity contribution in [3.8, 4) is 5.75 Å².